The normalized spacial score (nSPS) is 16.5. The number of benzene rings is 2. The predicted octanol–water partition coefficient (Wildman–Crippen LogP) is 2.85. The Hall–Kier alpha value is -2.89. The molecule has 0 saturated carbocycles. The Morgan fingerprint density at radius 1 is 1.30 bits per heavy atom. The zero-order valence-corrected chi connectivity index (χ0v) is 15.5. The summed E-state index contributed by atoms with van der Waals surface area (Å²) in [5.74, 6) is -0.336. The van der Waals surface area contributed by atoms with Crippen LogP contribution in [0, 0.1) is 18.7 Å². The maximum absolute atomic E-state index is 13.2. The lowest BCUT2D eigenvalue weighted by atomic mass is 10.1. The van der Waals surface area contributed by atoms with Crippen molar-refractivity contribution in [1.29, 1.82) is 0 Å². The van der Waals surface area contributed by atoms with Crippen molar-refractivity contribution in [2.75, 3.05) is 25.1 Å². The van der Waals surface area contributed by atoms with Crippen LogP contribution in [0.4, 0.5) is 10.1 Å². The number of carbonyl (C=O) groups is 2. The Morgan fingerprint density at radius 3 is 2.85 bits per heavy atom. The van der Waals surface area contributed by atoms with E-state index in [1.807, 2.05) is 31.2 Å². The van der Waals surface area contributed by atoms with E-state index in [0.29, 0.717) is 30.9 Å². The van der Waals surface area contributed by atoms with Crippen LogP contribution in [0.2, 0.25) is 0 Å². The fourth-order valence-electron chi connectivity index (χ4n) is 3.29. The topological polar surface area (TPSA) is 58.6 Å². The van der Waals surface area contributed by atoms with Crippen molar-refractivity contribution in [1.82, 2.24) is 5.32 Å². The molecule has 2 aromatic rings. The van der Waals surface area contributed by atoms with Gasteiger partial charge in [-0.25, -0.2) is 4.39 Å². The van der Waals surface area contributed by atoms with Gasteiger partial charge in [0, 0.05) is 19.5 Å². The number of halogens is 1. The molecule has 1 saturated heterocycles. The molecule has 6 heteroatoms. The maximum atomic E-state index is 13.2. The number of rotatable bonds is 6. The van der Waals surface area contributed by atoms with E-state index >= 15 is 0 Å². The van der Waals surface area contributed by atoms with E-state index in [9.17, 15) is 14.0 Å². The number of ether oxygens (including phenoxy) is 1. The Morgan fingerprint density at radius 2 is 2.11 bits per heavy atom. The third kappa shape index (κ3) is 4.45. The van der Waals surface area contributed by atoms with Crippen LogP contribution < -0.4 is 15.0 Å². The second-order valence-corrected chi connectivity index (χ2v) is 6.75. The van der Waals surface area contributed by atoms with Gasteiger partial charge in [-0.15, -0.1) is 0 Å². The molecule has 0 aliphatic carbocycles. The molecule has 3 rings (SSSR count). The summed E-state index contributed by atoms with van der Waals surface area (Å²) in [7, 11) is 1.56. The Kier molecular flexibility index (Phi) is 5.74. The summed E-state index contributed by atoms with van der Waals surface area (Å²) in [4.78, 5) is 26.5. The standard InChI is InChI=1S/C21H23FN2O3/c1-14-6-7-19(27-2)18(10-14)24-13-16(12-20(24)25)21(26)23-9-8-15-4-3-5-17(22)11-15/h3-7,10-11,16H,8-9,12-13H2,1-2H3,(H,23,26). The van der Waals surface area contributed by atoms with Crippen LogP contribution >= 0.6 is 0 Å². The van der Waals surface area contributed by atoms with Gasteiger partial charge in [0.2, 0.25) is 11.8 Å². The van der Waals surface area contributed by atoms with Crippen molar-refractivity contribution < 1.29 is 18.7 Å². The fourth-order valence-corrected chi connectivity index (χ4v) is 3.29. The first-order chi connectivity index (χ1) is 13.0. The summed E-state index contributed by atoms with van der Waals surface area (Å²) in [5.41, 5.74) is 2.53. The summed E-state index contributed by atoms with van der Waals surface area (Å²) in [5, 5.41) is 2.85. The first-order valence-corrected chi connectivity index (χ1v) is 8.95. The van der Waals surface area contributed by atoms with Crippen molar-refractivity contribution in [3.63, 3.8) is 0 Å². The molecule has 1 heterocycles. The van der Waals surface area contributed by atoms with Crippen molar-refractivity contribution in [2.24, 2.45) is 5.92 Å². The van der Waals surface area contributed by atoms with Gasteiger partial charge in [-0.1, -0.05) is 18.2 Å². The van der Waals surface area contributed by atoms with Gasteiger partial charge >= 0.3 is 0 Å². The van der Waals surface area contributed by atoms with Crippen LogP contribution in [0.15, 0.2) is 42.5 Å². The van der Waals surface area contributed by atoms with Crippen molar-refractivity contribution in [3.05, 3.63) is 59.4 Å². The molecule has 0 bridgehead atoms. The Balaban J connectivity index is 1.60. The van der Waals surface area contributed by atoms with Gasteiger partial charge in [-0.2, -0.15) is 0 Å². The molecular formula is C21H23FN2O3. The molecule has 0 radical (unpaired) electrons. The van der Waals surface area contributed by atoms with E-state index in [0.717, 1.165) is 11.1 Å². The van der Waals surface area contributed by atoms with E-state index in [2.05, 4.69) is 5.32 Å². The third-order valence-electron chi connectivity index (χ3n) is 4.72. The fraction of sp³-hybridized carbons (Fsp3) is 0.333. The zero-order valence-electron chi connectivity index (χ0n) is 15.5. The number of anilines is 1. The highest BCUT2D eigenvalue weighted by atomic mass is 19.1. The molecule has 1 aliphatic rings. The molecule has 2 amide bonds. The quantitative estimate of drug-likeness (QED) is 0.851. The number of nitrogens with one attached hydrogen (secondary N) is 1. The van der Waals surface area contributed by atoms with Crippen molar-refractivity contribution in [2.45, 2.75) is 19.8 Å². The van der Waals surface area contributed by atoms with Crippen LogP contribution in [0.5, 0.6) is 5.75 Å². The Bertz CT molecular complexity index is 853. The molecule has 1 atom stereocenters. The lowest BCUT2D eigenvalue weighted by Gasteiger charge is -2.20. The molecule has 1 fully saturated rings. The average Bonchev–Trinajstić information content (AvgIpc) is 3.03. The molecule has 2 aromatic carbocycles. The summed E-state index contributed by atoms with van der Waals surface area (Å²) in [6.07, 6.45) is 0.711. The van der Waals surface area contributed by atoms with Gasteiger partial charge in [-0.3, -0.25) is 9.59 Å². The van der Waals surface area contributed by atoms with Crippen molar-refractivity contribution >= 4 is 17.5 Å². The number of carbonyl (C=O) groups excluding carboxylic acids is 2. The lowest BCUT2D eigenvalue weighted by molar-refractivity contribution is -0.126. The number of amides is 2. The molecule has 142 valence electrons. The largest absolute Gasteiger partial charge is 0.495 e. The second-order valence-electron chi connectivity index (χ2n) is 6.75. The third-order valence-corrected chi connectivity index (χ3v) is 4.72. The highest BCUT2D eigenvalue weighted by Crippen LogP contribution is 2.33. The first kappa shape index (κ1) is 18.9. The second kappa shape index (κ2) is 8.20. The SMILES string of the molecule is COc1ccc(C)cc1N1CC(C(=O)NCCc2cccc(F)c2)CC1=O. The van der Waals surface area contributed by atoms with E-state index in [1.54, 1.807) is 18.1 Å². The number of aryl methyl sites for hydroxylation is 1. The summed E-state index contributed by atoms with van der Waals surface area (Å²) in [6.45, 7) is 2.67. The van der Waals surface area contributed by atoms with E-state index in [1.165, 1.54) is 12.1 Å². The maximum Gasteiger partial charge on any atom is 0.227 e. The van der Waals surface area contributed by atoms with Gasteiger partial charge in [0.15, 0.2) is 0 Å². The van der Waals surface area contributed by atoms with E-state index < -0.39 is 5.92 Å². The van der Waals surface area contributed by atoms with E-state index in [-0.39, 0.29) is 24.1 Å². The zero-order chi connectivity index (χ0) is 19.4. The monoisotopic (exact) mass is 370 g/mol. The number of methoxy groups -OCH3 is 1. The molecule has 1 N–H and O–H groups in total. The minimum Gasteiger partial charge on any atom is -0.495 e. The van der Waals surface area contributed by atoms with Gasteiger partial charge < -0.3 is 15.0 Å². The summed E-state index contributed by atoms with van der Waals surface area (Å²) >= 11 is 0. The molecule has 1 unspecified atom stereocenters. The highest BCUT2D eigenvalue weighted by molar-refractivity contribution is 6.01. The van der Waals surface area contributed by atoms with Crippen LogP contribution in [-0.4, -0.2) is 32.0 Å². The smallest absolute Gasteiger partial charge is 0.227 e. The summed E-state index contributed by atoms with van der Waals surface area (Å²) < 4.78 is 18.6. The molecule has 1 aliphatic heterocycles. The first-order valence-electron chi connectivity index (χ1n) is 8.95. The molecule has 0 spiro atoms. The minimum atomic E-state index is -0.407. The Labute approximate surface area is 158 Å². The predicted molar refractivity (Wildman–Crippen MR) is 101 cm³/mol. The summed E-state index contributed by atoms with van der Waals surface area (Å²) in [6, 6.07) is 11.9. The van der Waals surface area contributed by atoms with Crippen molar-refractivity contribution in [3.8, 4) is 5.75 Å². The van der Waals surface area contributed by atoms with Gasteiger partial charge in [0.05, 0.1) is 18.7 Å². The lowest BCUT2D eigenvalue weighted by Crippen LogP contribution is -2.34. The molecule has 27 heavy (non-hydrogen) atoms. The number of nitrogens with zero attached hydrogens (tertiary/aromatic N) is 1. The number of hydrogen-bond donors (Lipinski definition) is 1. The van der Waals surface area contributed by atoms with E-state index in [4.69, 9.17) is 4.74 Å². The van der Waals surface area contributed by atoms with Crippen LogP contribution in [-0.2, 0) is 16.0 Å². The average molecular weight is 370 g/mol. The van der Waals surface area contributed by atoms with Gasteiger partial charge in [-0.05, 0) is 48.7 Å². The molecule has 5 nitrogen and oxygen atoms in total. The van der Waals surface area contributed by atoms with Gasteiger partial charge in [0.1, 0.15) is 11.6 Å². The van der Waals surface area contributed by atoms with Gasteiger partial charge in [0.25, 0.3) is 0 Å². The van der Waals surface area contributed by atoms with Crippen LogP contribution in [0.25, 0.3) is 0 Å². The molecular weight excluding hydrogens is 347 g/mol. The number of hydrogen-bond acceptors (Lipinski definition) is 3. The highest BCUT2D eigenvalue weighted by Gasteiger charge is 2.36. The van der Waals surface area contributed by atoms with Crippen LogP contribution in [0.1, 0.15) is 17.5 Å². The minimum absolute atomic E-state index is 0.0934. The molecule has 0 aromatic heterocycles. The van der Waals surface area contributed by atoms with Crippen LogP contribution in [0.3, 0.4) is 0 Å².